The van der Waals surface area contributed by atoms with E-state index in [0.717, 1.165) is 6.42 Å². The smallest absolute Gasteiger partial charge is 0.272 e. The first-order valence-electron chi connectivity index (χ1n) is 5.69. The number of aromatic nitrogens is 1. The predicted octanol–water partition coefficient (Wildman–Crippen LogP) is -0.671. The number of pyridine rings is 1. The van der Waals surface area contributed by atoms with Crippen molar-refractivity contribution in [2.45, 2.75) is 6.42 Å². The summed E-state index contributed by atoms with van der Waals surface area (Å²) in [6.07, 6.45) is 2.24. The van der Waals surface area contributed by atoms with Gasteiger partial charge >= 0.3 is 0 Å². The zero-order chi connectivity index (χ0) is 13.0. The Morgan fingerprint density at radius 3 is 3.17 bits per heavy atom. The van der Waals surface area contributed by atoms with Gasteiger partial charge in [-0.2, -0.15) is 0 Å². The van der Waals surface area contributed by atoms with Crippen molar-refractivity contribution in [3.8, 4) is 0 Å². The number of anilines is 1. The van der Waals surface area contributed by atoms with Crippen molar-refractivity contribution in [3.63, 3.8) is 0 Å². The van der Waals surface area contributed by atoms with Crippen LogP contribution >= 0.6 is 0 Å². The number of hydrogen-bond donors (Lipinski definition) is 3. The second kappa shape index (κ2) is 5.46. The standard InChI is InChI=1S/C11H15N5O2/c12-15-8-2-4-13-9(6-8)11(18)16-5-1-3-14-10(17)7-16/h2,4,6H,1,3,5,7,12H2,(H,13,15)(H,14,17). The van der Waals surface area contributed by atoms with E-state index >= 15 is 0 Å². The summed E-state index contributed by atoms with van der Waals surface area (Å²) in [7, 11) is 0. The minimum atomic E-state index is -0.260. The summed E-state index contributed by atoms with van der Waals surface area (Å²) in [6, 6.07) is 3.22. The van der Waals surface area contributed by atoms with Crippen molar-refractivity contribution in [1.29, 1.82) is 0 Å². The first-order valence-corrected chi connectivity index (χ1v) is 5.69. The first kappa shape index (κ1) is 12.3. The van der Waals surface area contributed by atoms with Crippen molar-refractivity contribution in [2.75, 3.05) is 25.1 Å². The van der Waals surface area contributed by atoms with Crippen LogP contribution in [0.25, 0.3) is 0 Å². The van der Waals surface area contributed by atoms with Gasteiger partial charge in [0.25, 0.3) is 5.91 Å². The summed E-state index contributed by atoms with van der Waals surface area (Å²) in [5.74, 6) is 4.87. The Kier molecular flexibility index (Phi) is 3.73. The maximum absolute atomic E-state index is 12.2. The SMILES string of the molecule is NNc1ccnc(C(=O)N2CCCNC(=O)C2)c1. The third-order valence-electron chi connectivity index (χ3n) is 2.69. The van der Waals surface area contributed by atoms with Gasteiger partial charge in [0.2, 0.25) is 5.91 Å². The summed E-state index contributed by atoms with van der Waals surface area (Å²) in [5, 5.41) is 2.72. The molecule has 1 fully saturated rings. The number of carbonyl (C=O) groups is 2. The fraction of sp³-hybridized carbons (Fsp3) is 0.364. The average molecular weight is 249 g/mol. The molecule has 1 aliphatic rings. The molecule has 0 radical (unpaired) electrons. The van der Waals surface area contributed by atoms with Crippen LogP contribution in [0, 0.1) is 0 Å². The Bertz CT molecular complexity index is 463. The van der Waals surface area contributed by atoms with Crippen LogP contribution in [-0.4, -0.2) is 41.3 Å². The Balaban J connectivity index is 2.16. The molecule has 1 aliphatic heterocycles. The summed E-state index contributed by atoms with van der Waals surface area (Å²) >= 11 is 0. The monoisotopic (exact) mass is 249 g/mol. The Hall–Kier alpha value is -2.15. The molecule has 1 saturated heterocycles. The number of nitrogens with two attached hydrogens (primary N) is 1. The van der Waals surface area contributed by atoms with Crippen molar-refractivity contribution in [2.24, 2.45) is 5.84 Å². The van der Waals surface area contributed by atoms with Gasteiger partial charge in [-0.1, -0.05) is 0 Å². The molecule has 1 aromatic rings. The maximum atomic E-state index is 12.2. The highest BCUT2D eigenvalue weighted by molar-refractivity contribution is 5.95. The normalized spacial score (nSPS) is 15.8. The van der Waals surface area contributed by atoms with Crippen molar-refractivity contribution in [3.05, 3.63) is 24.0 Å². The minimum Gasteiger partial charge on any atom is -0.354 e. The lowest BCUT2D eigenvalue weighted by Gasteiger charge is -2.18. The summed E-state index contributed by atoms with van der Waals surface area (Å²) in [4.78, 5) is 29.1. The maximum Gasteiger partial charge on any atom is 0.272 e. The van der Waals surface area contributed by atoms with E-state index in [1.807, 2.05) is 0 Å². The Morgan fingerprint density at radius 1 is 1.56 bits per heavy atom. The molecule has 0 unspecified atom stereocenters. The van der Waals surface area contributed by atoms with Gasteiger partial charge in [-0.05, 0) is 18.6 Å². The number of rotatable bonds is 2. The molecule has 18 heavy (non-hydrogen) atoms. The molecular weight excluding hydrogens is 234 g/mol. The van der Waals surface area contributed by atoms with E-state index in [1.165, 1.54) is 11.1 Å². The lowest BCUT2D eigenvalue weighted by atomic mass is 10.2. The van der Waals surface area contributed by atoms with Crippen LogP contribution in [0.5, 0.6) is 0 Å². The molecule has 96 valence electrons. The highest BCUT2D eigenvalue weighted by Gasteiger charge is 2.21. The molecule has 2 heterocycles. The van der Waals surface area contributed by atoms with Crippen LogP contribution in [0.2, 0.25) is 0 Å². The van der Waals surface area contributed by atoms with Gasteiger partial charge < -0.3 is 15.6 Å². The molecule has 2 rings (SSSR count). The van der Waals surface area contributed by atoms with Gasteiger partial charge in [0.05, 0.1) is 12.2 Å². The van der Waals surface area contributed by atoms with Crippen LogP contribution < -0.4 is 16.6 Å². The number of amides is 2. The van der Waals surface area contributed by atoms with Crippen molar-refractivity contribution < 1.29 is 9.59 Å². The fourth-order valence-electron chi connectivity index (χ4n) is 1.78. The van der Waals surface area contributed by atoms with Crippen LogP contribution in [0.15, 0.2) is 18.3 Å². The lowest BCUT2D eigenvalue weighted by Crippen LogP contribution is -2.37. The van der Waals surface area contributed by atoms with Gasteiger partial charge in [-0.3, -0.25) is 20.4 Å². The molecule has 7 nitrogen and oxygen atoms in total. The van der Waals surface area contributed by atoms with Crippen molar-refractivity contribution >= 4 is 17.5 Å². The molecule has 0 saturated carbocycles. The highest BCUT2D eigenvalue weighted by Crippen LogP contribution is 2.09. The molecule has 0 atom stereocenters. The first-order chi connectivity index (χ1) is 8.70. The van der Waals surface area contributed by atoms with Gasteiger partial charge in [0, 0.05) is 19.3 Å². The second-order valence-electron chi connectivity index (χ2n) is 4.00. The quantitative estimate of drug-likeness (QED) is 0.477. The van der Waals surface area contributed by atoms with Gasteiger partial charge in [0.15, 0.2) is 0 Å². The summed E-state index contributed by atoms with van der Waals surface area (Å²) in [5.41, 5.74) is 3.34. The molecule has 0 spiro atoms. The van der Waals surface area contributed by atoms with E-state index in [-0.39, 0.29) is 24.1 Å². The van der Waals surface area contributed by atoms with Crippen LogP contribution in [0.4, 0.5) is 5.69 Å². The third-order valence-corrected chi connectivity index (χ3v) is 2.69. The number of nitrogens with zero attached hydrogens (tertiary/aromatic N) is 2. The zero-order valence-electron chi connectivity index (χ0n) is 9.85. The highest BCUT2D eigenvalue weighted by atomic mass is 16.2. The van der Waals surface area contributed by atoms with Crippen molar-refractivity contribution in [1.82, 2.24) is 15.2 Å². The topological polar surface area (TPSA) is 100 Å². The van der Waals surface area contributed by atoms with Gasteiger partial charge in [-0.15, -0.1) is 0 Å². The summed E-state index contributed by atoms with van der Waals surface area (Å²) < 4.78 is 0. The predicted molar refractivity (Wildman–Crippen MR) is 65.6 cm³/mol. The molecule has 4 N–H and O–H groups in total. The van der Waals surface area contributed by atoms with E-state index in [9.17, 15) is 9.59 Å². The molecule has 7 heteroatoms. The largest absolute Gasteiger partial charge is 0.354 e. The third kappa shape index (κ3) is 2.75. The number of nitrogens with one attached hydrogen (secondary N) is 2. The minimum absolute atomic E-state index is 0.0702. The second-order valence-corrected chi connectivity index (χ2v) is 4.00. The van der Waals surface area contributed by atoms with E-state index in [0.29, 0.717) is 18.8 Å². The Labute approximate surface area is 104 Å². The van der Waals surface area contributed by atoms with Gasteiger partial charge in [-0.25, -0.2) is 0 Å². The fourth-order valence-corrected chi connectivity index (χ4v) is 1.78. The molecular formula is C11H15N5O2. The van der Waals surface area contributed by atoms with Crippen LogP contribution in [-0.2, 0) is 4.79 Å². The van der Waals surface area contributed by atoms with E-state index in [1.54, 1.807) is 12.1 Å². The van der Waals surface area contributed by atoms with E-state index in [2.05, 4.69) is 15.7 Å². The van der Waals surface area contributed by atoms with E-state index < -0.39 is 0 Å². The number of nitrogen functional groups attached to an aromatic ring is 1. The molecule has 0 aliphatic carbocycles. The number of hydrogen-bond acceptors (Lipinski definition) is 5. The van der Waals surface area contributed by atoms with Gasteiger partial charge in [0.1, 0.15) is 5.69 Å². The Morgan fingerprint density at radius 2 is 2.39 bits per heavy atom. The summed E-state index contributed by atoms with van der Waals surface area (Å²) in [6.45, 7) is 1.21. The number of carbonyl (C=O) groups excluding carboxylic acids is 2. The zero-order valence-corrected chi connectivity index (χ0v) is 9.85. The number of hydrazine groups is 1. The van der Waals surface area contributed by atoms with Crippen LogP contribution in [0.3, 0.4) is 0 Å². The lowest BCUT2D eigenvalue weighted by molar-refractivity contribution is -0.121. The molecule has 0 aromatic carbocycles. The molecule has 1 aromatic heterocycles. The average Bonchev–Trinajstić information content (AvgIpc) is 2.62. The van der Waals surface area contributed by atoms with E-state index in [4.69, 9.17) is 5.84 Å². The molecule has 2 amide bonds. The molecule has 0 bridgehead atoms. The van der Waals surface area contributed by atoms with Crippen LogP contribution in [0.1, 0.15) is 16.9 Å².